The standard InChI is InChI=1S/C6H3F7O3/c7-4(5(8,9)10,2-1-3(14)15)16-6(11,12)13/h1-2H,(H,14,15)/b2-1-/t4-/m1/s1. The number of carboxylic acids is 1. The van der Waals surface area contributed by atoms with Gasteiger partial charge in [0.1, 0.15) is 0 Å². The Morgan fingerprint density at radius 1 is 1.06 bits per heavy atom. The van der Waals surface area contributed by atoms with E-state index >= 15 is 0 Å². The minimum Gasteiger partial charge on any atom is -0.478 e. The third kappa shape index (κ3) is 4.47. The smallest absolute Gasteiger partial charge is 0.478 e. The van der Waals surface area contributed by atoms with Crippen LogP contribution in [0.15, 0.2) is 12.2 Å². The largest absolute Gasteiger partial charge is 0.525 e. The summed E-state index contributed by atoms with van der Waals surface area (Å²) in [7, 11) is 0. The van der Waals surface area contributed by atoms with Crippen LogP contribution in [0, 0.1) is 0 Å². The zero-order valence-corrected chi connectivity index (χ0v) is 7.06. The van der Waals surface area contributed by atoms with Crippen molar-refractivity contribution >= 4 is 5.97 Å². The molecule has 0 rings (SSSR count). The average molecular weight is 256 g/mol. The minimum absolute atomic E-state index is 0.445. The van der Waals surface area contributed by atoms with Gasteiger partial charge in [0.25, 0.3) is 0 Å². The molecular formula is C6H3F7O3. The molecule has 0 amide bonds. The number of hydrogen-bond acceptors (Lipinski definition) is 2. The quantitative estimate of drug-likeness (QED) is 0.623. The summed E-state index contributed by atoms with van der Waals surface area (Å²) in [6.45, 7) is 0. The fourth-order valence-corrected chi connectivity index (χ4v) is 0.533. The number of halogens is 7. The Morgan fingerprint density at radius 2 is 1.50 bits per heavy atom. The lowest BCUT2D eigenvalue weighted by atomic mass is 10.2. The maximum atomic E-state index is 12.7. The van der Waals surface area contributed by atoms with Gasteiger partial charge in [-0.1, -0.05) is 0 Å². The number of carboxylic acid groups (broad SMARTS) is 1. The molecule has 0 unspecified atom stereocenters. The highest BCUT2D eigenvalue weighted by Crippen LogP contribution is 2.40. The molecule has 3 nitrogen and oxygen atoms in total. The summed E-state index contributed by atoms with van der Waals surface area (Å²) in [5.74, 6) is -7.29. The lowest BCUT2D eigenvalue weighted by molar-refractivity contribution is -0.432. The monoisotopic (exact) mass is 256 g/mol. The molecule has 94 valence electrons. The van der Waals surface area contributed by atoms with Crippen molar-refractivity contribution in [1.82, 2.24) is 0 Å². The minimum atomic E-state index is -6.06. The van der Waals surface area contributed by atoms with Crippen molar-refractivity contribution in [1.29, 1.82) is 0 Å². The number of aliphatic carboxylic acids is 1. The van der Waals surface area contributed by atoms with Gasteiger partial charge in [-0.15, -0.1) is 13.2 Å². The molecule has 0 aromatic carbocycles. The fraction of sp³-hybridized carbons (Fsp3) is 0.500. The molecule has 0 saturated carbocycles. The van der Waals surface area contributed by atoms with Crippen molar-refractivity contribution in [2.75, 3.05) is 0 Å². The second kappa shape index (κ2) is 4.28. The van der Waals surface area contributed by atoms with Crippen LogP contribution in [0.5, 0.6) is 0 Å². The van der Waals surface area contributed by atoms with E-state index in [4.69, 9.17) is 5.11 Å². The Labute approximate surface area is 83.1 Å². The number of carbonyl (C=O) groups is 1. The van der Waals surface area contributed by atoms with Gasteiger partial charge in [0, 0.05) is 6.08 Å². The topological polar surface area (TPSA) is 46.5 Å². The van der Waals surface area contributed by atoms with Crippen LogP contribution in [-0.2, 0) is 9.53 Å². The van der Waals surface area contributed by atoms with Crippen molar-refractivity contribution in [3.05, 3.63) is 12.2 Å². The summed E-state index contributed by atoms with van der Waals surface area (Å²) in [6.07, 6.45) is -13.3. The molecule has 0 aliphatic heterocycles. The van der Waals surface area contributed by atoms with Crippen LogP contribution in [0.1, 0.15) is 0 Å². The van der Waals surface area contributed by atoms with Gasteiger partial charge < -0.3 is 5.11 Å². The Morgan fingerprint density at radius 3 is 1.75 bits per heavy atom. The Hall–Kier alpha value is -1.32. The normalized spacial score (nSPS) is 17.4. The number of rotatable bonds is 3. The van der Waals surface area contributed by atoms with Crippen molar-refractivity contribution in [2.45, 2.75) is 18.4 Å². The molecule has 1 N–H and O–H groups in total. The molecule has 0 aromatic heterocycles. The summed E-state index contributed by atoms with van der Waals surface area (Å²) in [5.41, 5.74) is 0. The van der Waals surface area contributed by atoms with E-state index in [1.165, 1.54) is 0 Å². The molecule has 0 fully saturated rings. The van der Waals surface area contributed by atoms with Gasteiger partial charge in [-0.05, 0) is 6.08 Å². The van der Waals surface area contributed by atoms with E-state index in [0.29, 0.717) is 0 Å². The number of alkyl halides is 7. The zero-order valence-electron chi connectivity index (χ0n) is 7.06. The molecule has 1 atom stereocenters. The average Bonchev–Trinajstić information content (AvgIpc) is 1.95. The first kappa shape index (κ1) is 14.7. The molecule has 10 heteroatoms. The van der Waals surface area contributed by atoms with Crippen LogP contribution in [0.3, 0.4) is 0 Å². The molecule has 0 radical (unpaired) electrons. The predicted molar refractivity (Wildman–Crippen MR) is 33.8 cm³/mol. The van der Waals surface area contributed by atoms with Crippen LogP contribution < -0.4 is 0 Å². The van der Waals surface area contributed by atoms with E-state index in [-0.39, 0.29) is 0 Å². The van der Waals surface area contributed by atoms with Gasteiger partial charge in [-0.2, -0.15) is 17.6 Å². The first-order valence-corrected chi connectivity index (χ1v) is 3.32. The molecule has 0 spiro atoms. The summed E-state index contributed by atoms with van der Waals surface area (Å²) >= 11 is 0. The highest BCUT2D eigenvalue weighted by Gasteiger charge is 2.61. The van der Waals surface area contributed by atoms with Crippen LogP contribution in [0.2, 0.25) is 0 Å². The highest BCUT2D eigenvalue weighted by atomic mass is 19.4. The highest BCUT2D eigenvalue weighted by molar-refractivity contribution is 5.79. The van der Waals surface area contributed by atoms with Crippen molar-refractivity contribution in [3.8, 4) is 0 Å². The molecule has 0 aliphatic rings. The van der Waals surface area contributed by atoms with E-state index in [1.807, 2.05) is 0 Å². The molecule has 0 aliphatic carbocycles. The number of ether oxygens (including phenoxy) is 1. The van der Waals surface area contributed by atoms with E-state index in [9.17, 15) is 35.5 Å². The van der Waals surface area contributed by atoms with E-state index in [2.05, 4.69) is 4.74 Å². The Bertz CT molecular complexity index is 291. The third-order valence-electron chi connectivity index (χ3n) is 1.09. The molecule has 0 saturated heterocycles. The third-order valence-corrected chi connectivity index (χ3v) is 1.09. The second-order valence-electron chi connectivity index (χ2n) is 2.36. The molecule has 16 heavy (non-hydrogen) atoms. The maximum Gasteiger partial charge on any atom is 0.525 e. The van der Waals surface area contributed by atoms with Gasteiger partial charge in [-0.3, -0.25) is 0 Å². The zero-order chi connectivity index (χ0) is 13.2. The summed E-state index contributed by atoms with van der Waals surface area (Å²) < 4.78 is 84.8. The lowest BCUT2D eigenvalue weighted by Crippen LogP contribution is -2.45. The van der Waals surface area contributed by atoms with Crippen LogP contribution in [0.25, 0.3) is 0 Å². The molecular weight excluding hydrogens is 253 g/mol. The Balaban J connectivity index is 5.14. The van der Waals surface area contributed by atoms with E-state index in [1.54, 1.807) is 0 Å². The first-order valence-electron chi connectivity index (χ1n) is 3.32. The van der Waals surface area contributed by atoms with Crippen molar-refractivity contribution < 1.29 is 45.4 Å². The summed E-state index contributed by atoms with van der Waals surface area (Å²) in [6, 6.07) is 0. The molecule has 0 aromatic rings. The Kier molecular flexibility index (Phi) is 3.92. The van der Waals surface area contributed by atoms with Gasteiger partial charge in [-0.25, -0.2) is 9.53 Å². The van der Waals surface area contributed by atoms with Gasteiger partial charge in [0.15, 0.2) is 0 Å². The van der Waals surface area contributed by atoms with Crippen LogP contribution in [0.4, 0.5) is 30.7 Å². The summed E-state index contributed by atoms with van der Waals surface area (Å²) in [4.78, 5) is 9.78. The fourth-order valence-electron chi connectivity index (χ4n) is 0.533. The van der Waals surface area contributed by atoms with Gasteiger partial charge in [0.2, 0.25) is 0 Å². The van der Waals surface area contributed by atoms with Crippen LogP contribution >= 0.6 is 0 Å². The summed E-state index contributed by atoms with van der Waals surface area (Å²) in [5, 5.41) is 7.88. The van der Waals surface area contributed by atoms with E-state index in [0.717, 1.165) is 0 Å². The maximum absolute atomic E-state index is 12.7. The number of hydrogen-bond donors (Lipinski definition) is 1. The lowest BCUT2D eigenvalue weighted by Gasteiger charge is -2.25. The van der Waals surface area contributed by atoms with Crippen LogP contribution in [-0.4, -0.2) is 29.5 Å². The van der Waals surface area contributed by atoms with Gasteiger partial charge in [0.05, 0.1) is 0 Å². The SMILES string of the molecule is O=C(O)/C=C\[C@@](F)(OC(F)(F)F)C(F)(F)F. The predicted octanol–water partition coefficient (Wildman–Crippen LogP) is 2.39. The molecule has 0 bridgehead atoms. The first-order chi connectivity index (χ1) is 6.87. The van der Waals surface area contributed by atoms with Crippen molar-refractivity contribution in [2.24, 2.45) is 0 Å². The van der Waals surface area contributed by atoms with Crippen molar-refractivity contribution in [3.63, 3.8) is 0 Å². The second-order valence-corrected chi connectivity index (χ2v) is 2.36. The van der Waals surface area contributed by atoms with Gasteiger partial charge >= 0.3 is 24.4 Å². The molecule has 0 heterocycles. The van der Waals surface area contributed by atoms with E-state index < -0.39 is 36.5 Å².